The van der Waals surface area contributed by atoms with E-state index in [2.05, 4.69) is 0 Å². The van der Waals surface area contributed by atoms with Crippen molar-refractivity contribution in [2.75, 3.05) is 38.9 Å². The highest BCUT2D eigenvalue weighted by atomic mass is 32.2. The number of thioether (sulfide) groups is 1. The number of hydrogen-bond donors (Lipinski definition) is 0. The molecule has 2 aromatic rings. The van der Waals surface area contributed by atoms with Crippen molar-refractivity contribution < 1.29 is 14.3 Å². The van der Waals surface area contributed by atoms with Crippen molar-refractivity contribution in [3.63, 3.8) is 0 Å². The Hall–Kier alpha value is -2.73. The summed E-state index contributed by atoms with van der Waals surface area (Å²) >= 11 is 1.66. The molecule has 0 radical (unpaired) electrons. The van der Waals surface area contributed by atoms with E-state index in [0.29, 0.717) is 6.54 Å². The smallest absolute Gasteiger partial charge is 0.331 e. The predicted molar refractivity (Wildman–Crippen MR) is 115 cm³/mol. The molecule has 5 nitrogen and oxygen atoms in total. The van der Waals surface area contributed by atoms with E-state index in [1.165, 1.54) is 6.08 Å². The number of amides is 1. The van der Waals surface area contributed by atoms with E-state index in [4.69, 9.17) is 4.74 Å². The number of esters is 1. The zero-order valence-corrected chi connectivity index (χ0v) is 17.5. The fraction of sp³-hybridized carbons (Fsp3) is 0.273. The Morgan fingerprint density at radius 2 is 1.64 bits per heavy atom. The third-order valence-corrected chi connectivity index (χ3v) is 4.91. The van der Waals surface area contributed by atoms with Gasteiger partial charge in [-0.25, -0.2) is 4.79 Å². The van der Waals surface area contributed by atoms with Crippen molar-refractivity contribution in [2.24, 2.45) is 0 Å². The average molecular weight is 399 g/mol. The molecule has 1 amide bonds. The van der Waals surface area contributed by atoms with Crippen LogP contribution in [0, 0.1) is 0 Å². The lowest BCUT2D eigenvalue weighted by Gasteiger charge is -2.18. The molecule has 2 rings (SSSR count). The topological polar surface area (TPSA) is 49.9 Å². The molecule has 0 aliphatic carbocycles. The number of carbonyl (C=O) groups is 2. The number of nitrogens with zero attached hydrogens (tertiary/aromatic N) is 2. The van der Waals surface area contributed by atoms with Crippen molar-refractivity contribution in [3.05, 3.63) is 65.7 Å². The van der Waals surface area contributed by atoms with E-state index in [1.807, 2.05) is 73.8 Å². The fourth-order valence-corrected chi connectivity index (χ4v) is 2.84. The van der Waals surface area contributed by atoms with Gasteiger partial charge in [0, 0.05) is 44.3 Å². The van der Waals surface area contributed by atoms with Crippen LogP contribution in [0.4, 0.5) is 5.69 Å². The lowest BCUT2D eigenvalue weighted by molar-refractivity contribution is -0.147. The van der Waals surface area contributed by atoms with Gasteiger partial charge in [-0.05, 0) is 47.7 Å². The molecular weight excluding hydrogens is 372 g/mol. The van der Waals surface area contributed by atoms with Gasteiger partial charge in [-0.3, -0.25) is 4.79 Å². The summed E-state index contributed by atoms with van der Waals surface area (Å²) in [6.45, 7) is 0.183. The second-order valence-corrected chi connectivity index (χ2v) is 7.40. The number of rotatable bonds is 8. The first kappa shape index (κ1) is 21.6. The normalized spacial score (nSPS) is 10.7. The van der Waals surface area contributed by atoms with Crippen LogP contribution in [0.1, 0.15) is 11.1 Å². The molecule has 0 aliphatic rings. The maximum absolute atomic E-state index is 12.2. The van der Waals surface area contributed by atoms with Gasteiger partial charge in [0.05, 0.1) is 0 Å². The Bertz CT molecular complexity index is 815. The molecule has 0 atom stereocenters. The summed E-state index contributed by atoms with van der Waals surface area (Å²) in [5.41, 5.74) is 3.02. The average Bonchev–Trinajstić information content (AvgIpc) is 2.71. The number of likely N-dealkylation sites (N-methyl/N-ethyl adjacent to an activating group) is 1. The number of hydrogen-bond acceptors (Lipinski definition) is 5. The molecule has 0 saturated carbocycles. The lowest BCUT2D eigenvalue weighted by atomic mass is 10.2. The van der Waals surface area contributed by atoms with Crippen molar-refractivity contribution in [3.8, 4) is 0 Å². The number of carbonyl (C=O) groups excluding carboxylic acids is 2. The van der Waals surface area contributed by atoms with Gasteiger partial charge in [0.15, 0.2) is 6.61 Å². The summed E-state index contributed by atoms with van der Waals surface area (Å²) in [6, 6.07) is 15.8. The van der Waals surface area contributed by atoms with Crippen LogP contribution in [0.3, 0.4) is 0 Å². The molecule has 0 bridgehead atoms. The maximum atomic E-state index is 12.2. The Balaban J connectivity index is 1.79. The summed E-state index contributed by atoms with van der Waals surface area (Å²) in [5.74, 6) is -0.784. The first-order chi connectivity index (χ1) is 13.4. The van der Waals surface area contributed by atoms with Crippen molar-refractivity contribution in [1.29, 1.82) is 0 Å². The number of anilines is 1. The minimum atomic E-state index is -0.536. The third kappa shape index (κ3) is 6.78. The van der Waals surface area contributed by atoms with Gasteiger partial charge in [-0.1, -0.05) is 24.3 Å². The van der Waals surface area contributed by atoms with E-state index in [9.17, 15) is 9.59 Å². The molecule has 0 unspecified atom stereocenters. The minimum Gasteiger partial charge on any atom is -0.452 e. The minimum absolute atomic E-state index is 0.247. The molecule has 0 fully saturated rings. The molecule has 0 aliphatic heterocycles. The molecule has 6 heteroatoms. The van der Waals surface area contributed by atoms with Crippen molar-refractivity contribution >= 4 is 35.4 Å². The van der Waals surface area contributed by atoms with Gasteiger partial charge in [0.1, 0.15) is 0 Å². The molecule has 2 aromatic carbocycles. The highest BCUT2D eigenvalue weighted by Crippen LogP contribution is 2.15. The van der Waals surface area contributed by atoms with Gasteiger partial charge in [-0.2, -0.15) is 0 Å². The SMILES string of the molecule is CSc1ccc(/C=C/C(=O)OCC(=O)N(C)Cc2ccc(N(C)C)cc2)cc1. The number of benzene rings is 2. The van der Waals surface area contributed by atoms with Gasteiger partial charge in [0.25, 0.3) is 5.91 Å². The van der Waals surface area contributed by atoms with E-state index in [-0.39, 0.29) is 12.5 Å². The Morgan fingerprint density at radius 1 is 1.00 bits per heavy atom. The molecule has 0 saturated heterocycles. The van der Waals surface area contributed by atoms with Crippen LogP contribution >= 0.6 is 11.8 Å². The van der Waals surface area contributed by atoms with Crippen LogP contribution in [0.5, 0.6) is 0 Å². The Labute approximate surface area is 171 Å². The van der Waals surface area contributed by atoms with Crippen LogP contribution in [-0.2, 0) is 20.9 Å². The zero-order valence-electron chi connectivity index (χ0n) is 16.7. The summed E-state index contributed by atoms with van der Waals surface area (Å²) in [5, 5.41) is 0. The quantitative estimate of drug-likeness (QED) is 0.386. The summed E-state index contributed by atoms with van der Waals surface area (Å²) in [7, 11) is 5.65. The summed E-state index contributed by atoms with van der Waals surface area (Å²) in [4.78, 5) is 28.7. The maximum Gasteiger partial charge on any atom is 0.331 e. The molecule has 0 spiro atoms. The predicted octanol–water partition coefficient (Wildman–Crippen LogP) is 3.69. The molecule has 0 heterocycles. The monoisotopic (exact) mass is 398 g/mol. The molecule has 0 aromatic heterocycles. The molecule has 0 N–H and O–H groups in total. The van der Waals surface area contributed by atoms with Gasteiger partial charge in [-0.15, -0.1) is 11.8 Å². The molecule has 148 valence electrons. The first-order valence-corrected chi connectivity index (χ1v) is 10.1. The molecular formula is C22H26N2O3S. The van der Waals surface area contributed by atoms with E-state index in [1.54, 1.807) is 29.8 Å². The van der Waals surface area contributed by atoms with Crippen LogP contribution in [0.2, 0.25) is 0 Å². The summed E-state index contributed by atoms with van der Waals surface area (Å²) < 4.78 is 5.05. The Kier molecular flexibility index (Phi) is 8.14. The fourth-order valence-electron chi connectivity index (χ4n) is 2.43. The van der Waals surface area contributed by atoms with Gasteiger partial charge < -0.3 is 14.5 Å². The largest absolute Gasteiger partial charge is 0.452 e. The highest BCUT2D eigenvalue weighted by molar-refractivity contribution is 7.98. The van der Waals surface area contributed by atoms with Gasteiger partial charge >= 0.3 is 5.97 Å². The summed E-state index contributed by atoms with van der Waals surface area (Å²) in [6.07, 6.45) is 5.02. The first-order valence-electron chi connectivity index (χ1n) is 8.88. The van der Waals surface area contributed by atoms with Crippen LogP contribution in [0.15, 0.2) is 59.5 Å². The standard InChI is InChI=1S/C22H26N2O3S/c1-23(2)19-10-5-18(6-11-19)15-24(3)21(25)16-27-22(26)14-9-17-7-12-20(28-4)13-8-17/h5-14H,15-16H2,1-4H3/b14-9+. The van der Waals surface area contributed by atoms with Crippen LogP contribution in [0.25, 0.3) is 6.08 Å². The van der Waals surface area contributed by atoms with E-state index >= 15 is 0 Å². The zero-order chi connectivity index (χ0) is 20.5. The third-order valence-electron chi connectivity index (χ3n) is 4.16. The van der Waals surface area contributed by atoms with E-state index in [0.717, 1.165) is 21.7 Å². The van der Waals surface area contributed by atoms with Crippen LogP contribution in [-0.4, -0.2) is 50.8 Å². The second kappa shape index (κ2) is 10.6. The molecule has 28 heavy (non-hydrogen) atoms. The number of ether oxygens (including phenoxy) is 1. The Morgan fingerprint density at radius 3 is 2.21 bits per heavy atom. The lowest BCUT2D eigenvalue weighted by Crippen LogP contribution is -2.30. The van der Waals surface area contributed by atoms with Crippen LogP contribution < -0.4 is 4.90 Å². The second-order valence-electron chi connectivity index (χ2n) is 6.52. The van der Waals surface area contributed by atoms with Gasteiger partial charge in [0.2, 0.25) is 0 Å². The van der Waals surface area contributed by atoms with Crippen molar-refractivity contribution in [1.82, 2.24) is 4.90 Å². The highest BCUT2D eigenvalue weighted by Gasteiger charge is 2.11. The van der Waals surface area contributed by atoms with E-state index < -0.39 is 5.97 Å². The van der Waals surface area contributed by atoms with Crippen molar-refractivity contribution in [2.45, 2.75) is 11.4 Å².